The summed E-state index contributed by atoms with van der Waals surface area (Å²) >= 11 is 0. The monoisotopic (exact) mass is 223 g/mol. The van der Waals surface area contributed by atoms with Crippen molar-refractivity contribution in [2.75, 3.05) is 32.1 Å². The highest BCUT2D eigenvalue weighted by molar-refractivity contribution is 5.50. The molecule has 88 valence electrons. The van der Waals surface area contributed by atoms with Gasteiger partial charge in [0.05, 0.1) is 4.92 Å². The van der Waals surface area contributed by atoms with Crippen LogP contribution < -0.4 is 10.2 Å². The first-order valence-electron chi connectivity index (χ1n) is 5.25. The zero-order chi connectivity index (χ0) is 12.0. The van der Waals surface area contributed by atoms with Crippen LogP contribution in [-0.4, -0.2) is 32.1 Å². The topological polar surface area (TPSA) is 58.4 Å². The normalized spacial score (nSPS) is 10.1. The third kappa shape index (κ3) is 3.51. The maximum absolute atomic E-state index is 10.5. The molecular formula is C11H17N3O2. The molecule has 0 saturated carbocycles. The average Bonchev–Trinajstić information content (AvgIpc) is 2.29. The molecule has 0 amide bonds. The van der Waals surface area contributed by atoms with E-state index in [1.165, 1.54) is 12.1 Å². The van der Waals surface area contributed by atoms with Crippen molar-refractivity contribution in [3.8, 4) is 0 Å². The minimum atomic E-state index is -0.384. The largest absolute Gasteiger partial charge is 0.375 e. The summed E-state index contributed by atoms with van der Waals surface area (Å²) in [7, 11) is 3.91. The second-order valence-corrected chi connectivity index (χ2v) is 3.65. The van der Waals surface area contributed by atoms with Crippen LogP contribution in [-0.2, 0) is 0 Å². The van der Waals surface area contributed by atoms with Gasteiger partial charge in [-0.1, -0.05) is 0 Å². The molecule has 1 aromatic rings. The van der Waals surface area contributed by atoms with Crippen LogP contribution in [0.3, 0.4) is 0 Å². The number of rotatable bonds is 6. The number of benzene rings is 1. The van der Waals surface area contributed by atoms with Crippen molar-refractivity contribution in [3.05, 3.63) is 34.4 Å². The maximum atomic E-state index is 10.5. The van der Waals surface area contributed by atoms with Gasteiger partial charge in [-0.2, -0.15) is 0 Å². The van der Waals surface area contributed by atoms with Gasteiger partial charge < -0.3 is 10.2 Å². The molecule has 0 aliphatic rings. The predicted molar refractivity (Wildman–Crippen MR) is 64.9 cm³/mol. The second-order valence-electron chi connectivity index (χ2n) is 3.65. The van der Waals surface area contributed by atoms with Crippen LogP contribution in [0.15, 0.2) is 24.3 Å². The highest BCUT2D eigenvalue weighted by Crippen LogP contribution is 2.18. The summed E-state index contributed by atoms with van der Waals surface area (Å²) in [5, 5.41) is 13.6. The molecule has 0 aliphatic carbocycles. The average molecular weight is 223 g/mol. The van der Waals surface area contributed by atoms with Gasteiger partial charge in [-0.25, -0.2) is 0 Å². The fraction of sp³-hybridized carbons (Fsp3) is 0.455. The number of hydrogen-bond donors (Lipinski definition) is 1. The van der Waals surface area contributed by atoms with Crippen molar-refractivity contribution in [1.82, 2.24) is 5.32 Å². The highest BCUT2D eigenvalue weighted by atomic mass is 16.6. The number of non-ortho nitro benzene ring substituents is 1. The van der Waals surface area contributed by atoms with Crippen molar-refractivity contribution in [2.45, 2.75) is 6.42 Å². The van der Waals surface area contributed by atoms with E-state index in [1.807, 2.05) is 14.1 Å². The molecule has 0 unspecified atom stereocenters. The quantitative estimate of drug-likeness (QED) is 0.452. The summed E-state index contributed by atoms with van der Waals surface area (Å²) in [6, 6.07) is 6.61. The number of nitro benzene ring substituents is 1. The van der Waals surface area contributed by atoms with Gasteiger partial charge in [0.15, 0.2) is 0 Å². The van der Waals surface area contributed by atoms with Gasteiger partial charge in [-0.3, -0.25) is 10.1 Å². The molecule has 0 spiro atoms. The van der Waals surface area contributed by atoms with Crippen LogP contribution in [0.5, 0.6) is 0 Å². The van der Waals surface area contributed by atoms with Gasteiger partial charge in [0, 0.05) is 31.4 Å². The standard InChI is InChI=1S/C11H17N3O2/c1-12-8-3-9-13(2)10-4-6-11(7-5-10)14(15)16/h4-7,12H,3,8-9H2,1-2H3. The summed E-state index contributed by atoms with van der Waals surface area (Å²) in [6.45, 7) is 1.90. The molecule has 1 N–H and O–H groups in total. The lowest BCUT2D eigenvalue weighted by atomic mass is 10.2. The number of anilines is 1. The molecular weight excluding hydrogens is 206 g/mol. The Hall–Kier alpha value is -1.62. The summed E-state index contributed by atoms with van der Waals surface area (Å²) in [4.78, 5) is 12.2. The van der Waals surface area contributed by atoms with Crippen molar-refractivity contribution in [1.29, 1.82) is 0 Å². The smallest absolute Gasteiger partial charge is 0.269 e. The number of nitrogens with zero attached hydrogens (tertiary/aromatic N) is 2. The van der Waals surface area contributed by atoms with E-state index in [0.717, 1.165) is 25.2 Å². The van der Waals surface area contributed by atoms with E-state index in [9.17, 15) is 10.1 Å². The van der Waals surface area contributed by atoms with E-state index in [2.05, 4.69) is 10.2 Å². The maximum Gasteiger partial charge on any atom is 0.269 e. The molecule has 0 bridgehead atoms. The number of nitrogens with one attached hydrogen (secondary N) is 1. The molecule has 0 saturated heterocycles. The Bertz CT molecular complexity index is 338. The first-order valence-corrected chi connectivity index (χ1v) is 5.25. The van der Waals surface area contributed by atoms with Crippen LogP contribution in [0, 0.1) is 10.1 Å². The Morgan fingerprint density at radius 1 is 1.38 bits per heavy atom. The van der Waals surface area contributed by atoms with Gasteiger partial charge >= 0.3 is 0 Å². The molecule has 1 rings (SSSR count). The Morgan fingerprint density at radius 2 is 2.00 bits per heavy atom. The molecule has 0 aliphatic heterocycles. The van der Waals surface area contributed by atoms with E-state index < -0.39 is 0 Å². The summed E-state index contributed by atoms with van der Waals surface area (Å²) < 4.78 is 0. The molecule has 5 nitrogen and oxygen atoms in total. The van der Waals surface area contributed by atoms with E-state index in [-0.39, 0.29) is 10.6 Å². The van der Waals surface area contributed by atoms with Crippen molar-refractivity contribution in [3.63, 3.8) is 0 Å². The Morgan fingerprint density at radius 3 is 2.50 bits per heavy atom. The Kier molecular flexibility index (Phi) is 4.72. The Balaban J connectivity index is 2.56. The first-order chi connectivity index (χ1) is 7.65. The van der Waals surface area contributed by atoms with E-state index >= 15 is 0 Å². The number of nitro groups is 1. The third-order valence-corrected chi connectivity index (χ3v) is 2.42. The summed E-state index contributed by atoms with van der Waals surface area (Å²) in [6.07, 6.45) is 1.05. The van der Waals surface area contributed by atoms with E-state index in [1.54, 1.807) is 12.1 Å². The third-order valence-electron chi connectivity index (χ3n) is 2.42. The highest BCUT2D eigenvalue weighted by Gasteiger charge is 2.05. The second kappa shape index (κ2) is 6.07. The van der Waals surface area contributed by atoms with Gasteiger partial charge in [0.1, 0.15) is 0 Å². The van der Waals surface area contributed by atoms with Crippen LogP contribution in [0.2, 0.25) is 0 Å². The molecule has 16 heavy (non-hydrogen) atoms. The lowest BCUT2D eigenvalue weighted by Crippen LogP contribution is -2.22. The van der Waals surface area contributed by atoms with Gasteiger partial charge in [-0.05, 0) is 32.1 Å². The van der Waals surface area contributed by atoms with Crippen molar-refractivity contribution in [2.24, 2.45) is 0 Å². The molecule has 0 fully saturated rings. The lowest BCUT2D eigenvalue weighted by Gasteiger charge is -2.18. The van der Waals surface area contributed by atoms with Gasteiger partial charge in [0.2, 0.25) is 0 Å². The Labute approximate surface area is 95.2 Å². The fourth-order valence-electron chi connectivity index (χ4n) is 1.45. The van der Waals surface area contributed by atoms with Gasteiger partial charge in [0.25, 0.3) is 5.69 Å². The minimum Gasteiger partial charge on any atom is -0.375 e. The summed E-state index contributed by atoms with van der Waals surface area (Å²) in [5.74, 6) is 0. The zero-order valence-electron chi connectivity index (χ0n) is 9.64. The molecule has 0 atom stereocenters. The SMILES string of the molecule is CNCCCN(C)c1ccc([N+](=O)[O-])cc1. The van der Waals surface area contributed by atoms with E-state index in [0.29, 0.717) is 0 Å². The first kappa shape index (κ1) is 12.4. The molecule has 0 aromatic heterocycles. The van der Waals surface area contributed by atoms with Crippen molar-refractivity contribution < 1.29 is 4.92 Å². The molecule has 0 radical (unpaired) electrons. The predicted octanol–water partition coefficient (Wildman–Crippen LogP) is 1.64. The molecule has 5 heteroatoms. The number of hydrogen-bond acceptors (Lipinski definition) is 4. The van der Waals surface area contributed by atoms with Crippen LogP contribution in [0.25, 0.3) is 0 Å². The van der Waals surface area contributed by atoms with Crippen LogP contribution >= 0.6 is 0 Å². The summed E-state index contributed by atoms with van der Waals surface area (Å²) in [5.41, 5.74) is 1.13. The lowest BCUT2D eigenvalue weighted by molar-refractivity contribution is -0.384. The molecule has 0 heterocycles. The molecule has 1 aromatic carbocycles. The fourth-order valence-corrected chi connectivity index (χ4v) is 1.45. The van der Waals surface area contributed by atoms with Crippen molar-refractivity contribution >= 4 is 11.4 Å². The van der Waals surface area contributed by atoms with Crippen LogP contribution in [0.4, 0.5) is 11.4 Å². The van der Waals surface area contributed by atoms with Crippen LogP contribution in [0.1, 0.15) is 6.42 Å². The zero-order valence-corrected chi connectivity index (χ0v) is 9.64. The van der Waals surface area contributed by atoms with E-state index in [4.69, 9.17) is 0 Å². The minimum absolute atomic E-state index is 0.132. The van der Waals surface area contributed by atoms with Gasteiger partial charge in [-0.15, -0.1) is 0 Å².